The SMILES string of the molecule is Cc1nn(C2CCC2)c([N+](=O)[O-])c1OC(=O)C1CNC[C@H]1C. The molecule has 0 amide bonds. The first-order valence-electron chi connectivity index (χ1n) is 7.65. The number of ether oxygens (including phenoxy) is 1. The zero-order chi connectivity index (χ0) is 15.9. The van der Waals surface area contributed by atoms with E-state index in [1.807, 2.05) is 6.92 Å². The van der Waals surface area contributed by atoms with Gasteiger partial charge in [0, 0.05) is 6.54 Å². The minimum absolute atomic E-state index is 0.000926. The van der Waals surface area contributed by atoms with Gasteiger partial charge in [0.25, 0.3) is 5.75 Å². The number of carbonyl (C=O) groups excluding carboxylic acids is 1. The van der Waals surface area contributed by atoms with E-state index in [1.165, 1.54) is 4.68 Å². The maximum absolute atomic E-state index is 12.3. The molecule has 0 aromatic carbocycles. The Bertz CT molecular complexity index is 608. The summed E-state index contributed by atoms with van der Waals surface area (Å²) in [6.45, 7) is 4.90. The lowest BCUT2D eigenvalue weighted by molar-refractivity contribution is -0.394. The van der Waals surface area contributed by atoms with Gasteiger partial charge >= 0.3 is 11.8 Å². The Morgan fingerprint density at radius 2 is 2.18 bits per heavy atom. The highest BCUT2D eigenvalue weighted by molar-refractivity contribution is 5.77. The average molecular weight is 308 g/mol. The molecule has 1 aliphatic carbocycles. The molecule has 1 saturated carbocycles. The Kier molecular flexibility index (Phi) is 3.86. The normalized spacial score (nSPS) is 25.0. The number of aromatic nitrogens is 2. The minimum Gasteiger partial charge on any atom is -0.415 e. The molecule has 1 aromatic heterocycles. The first-order chi connectivity index (χ1) is 10.5. The van der Waals surface area contributed by atoms with E-state index < -0.39 is 10.9 Å². The summed E-state index contributed by atoms with van der Waals surface area (Å²) in [6.07, 6.45) is 2.79. The van der Waals surface area contributed by atoms with Crippen LogP contribution in [-0.2, 0) is 4.79 Å². The van der Waals surface area contributed by atoms with Crippen molar-refractivity contribution in [3.05, 3.63) is 15.8 Å². The van der Waals surface area contributed by atoms with Crippen LogP contribution in [0.4, 0.5) is 5.82 Å². The largest absolute Gasteiger partial charge is 0.415 e. The van der Waals surface area contributed by atoms with E-state index in [-0.39, 0.29) is 29.4 Å². The lowest BCUT2D eigenvalue weighted by Gasteiger charge is -2.21. The van der Waals surface area contributed by atoms with Crippen molar-refractivity contribution in [2.24, 2.45) is 11.8 Å². The molecule has 2 atom stereocenters. The van der Waals surface area contributed by atoms with Crippen LogP contribution in [0.1, 0.15) is 37.9 Å². The molecule has 2 aliphatic rings. The fourth-order valence-electron chi connectivity index (χ4n) is 2.99. The Balaban J connectivity index is 1.87. The van der Waals surface area contributed by atoms with E-state index in [1.54, 1.807) is 6.92 Å². The Morgan fingerprint density at radius 3 is 2.68 bits per heavy atom. The van der Waals surface area contributed by atoms with Crippen LogP contribution < -0.4 is 10.1 Å². The summed E-state index contributed by atoms with van der Waals surface area (Å²) in [4.78, 5) is 23.2. The van der Waals surface area contributed by atoms with Crippen LogP contribution in [-0.4, -0.2) is 33.8 Å². The number of nitrogens with one attached hydrogen (secondary N) is 1. The molecule has 3 rings (SSSR count). The highest BCUT2D eigenvalue weighted by Crippen LogP contribution is 2.40. The predicted molar refractivity (Wildman–Crippen MR) is 77.7 cm³/mol. The molecular weight excluding hydrogens is 288 g/mol. The molecule has 2 heterocycles. The van der Waals surface area contributed by atoms with Crippen molar-refractivity contribution >= 4 is 11.8 Å². The molecule has 22 heavy (non-hydrogen) atoms. The van der Waals surface area contributed by atoms with Crippen LogP contribution in [0.15, 0.2) is 0 Å². The number of aryl methyl sites for hydroxylation is 1. The quantitative estimate of drug-likeness (QED) is 0.515. The van der Waals surface area contributed by atoms with Crippen LogP contribution in [0.25, 0.3) is 0 Å². The Labute approximate surface area is 128 Å². The van der Waals surface area contributed by atoms with Crippen LogP contribution in [0, 0.1) is 28.9 Å². The smallest absolute Gasteiger partial charge is 0.388 e. The summed E-state index contributed by atoms with van der Waals surface area (Å²) in [7, 11) is 0. The van der Waals surface area contributed by atoms with Crippen LogP contribution in [0.2, 0.25) is 0 Å². The van der Waals surface area contributed by atoms with Crippen molar-refractivity contribution in [1.82, 2.24) is 15.1 Å². The highest BCUT2D eigenvalue weighted by atomic mass is 16.6. The van der Waals surface area contributed by atoms with Crippen molar-refractivity contribution in [3.8, 4) is 5.75 Å². The number of nitrogens with zero attached hydrogens (tertiary/aromatic N) is 3. The fraction of sp³-hybridized carbons (Fsp3) is 0.714. The topological polar surface area (TPSA) is 99.3 Å². The standard InChI is InChI=1S/C14H20N4O4/c1-8-6-15-7-11(8)14(19)22-12-9(2)16-17(10-4-3-5-10)13(12)18(20)21/h8,10-11,15H,3-7H2,1-2H3/t8-,11?/m1/s1. The van der Waals surface area contributed by atoms with Gasteiger partial charge in [-0.2, -0.15) is 0 Å². The van der Waals surface area contributed by atoms with Gasteiger partial charge in [0.2, 0.25) is 0 Å². The number of hydrogen-bond donors (Lipinski definition) is 1. The summed E-state index contributed by atoms with van der Waals surface area (Å²) in [5.74, 6) is -0.730. The van der Waals surface area contributed by atoms with E-state index in [4.69, 9.17) is 4.74 Å². The van der Waals surface area contributed by atoms with Gasteiger partial charge in [-0.1, -0.05) is 12.0 Å². The fourth-order valence-corrected chi connectivity index (χ4v) is 2.99. The third kappa shape index (κ3) is 2.47. The molecule has 120 valence electrons. The van der Waals surface area contributed by atoms with Gasteiger partial charge in [-0.3, -0.25) is 4.79 Å². The van der Waals surface area contributed by atoms with Crippen LogP contribution in [0.3, 0.4) is 0 Å². The van der Waals surface area contributed by atoms with Gasteiger partial charge in [0.15, 0.2) is 0 Å². The Hall–Kier alpha value is -1.96. The predicted octanol–water partition coefficient (Wildman–Crippen LogP) is 1.59. The monoisotopic (exact) mass is 308 g/mol. The van der Waals surface area contributed by atoms with Crippen LogP contribution in [0.5, 0.6) is 5.75 Å². The van der Waals surface area contributed by atoms with E-state index in [2.05, 4.69) is 10.4 Å². The number of esters is 1. The minimum atomic E-state index is -0.503. The second-order valence-electron chi connectivity index (χ2n) is 6.19. The first kappa shape index (κ1) is 15.0. The van der Waals surface area contributed by atoms with Crippen LogP contribution >= 0.6 is 0 Å². The zero-order valence-electron chi connectivity index (χ0n) is 12.7. The summed E-state index contributed by atoms with van der Waals surface area (Å²) < 4.78 is 6.80. The summed E-state index contributed by atoms with van der Waals surface area (Å²) in [5, 5.41) is 18.8. The Morgan fingerprint density at radius 1 is 1.45 bits per heavy atom. The lowest BCUT2D eigenvalue weighted by Crippen LogP contribution is -2.26. The number of rotatable bonds is 4. The van der Waals surface area contributed by atoms with Gasteiger partial charge in [0.05, 0.1) is 5.92 Å². The number of nitro groups is 1. The van der Waals surface area contributed by atoms with Gasteiger partial charge in [-0.25, -0.2) is 0 Å². The van der Waals surface area contributed by atoms with Crippen molar-refractivity contribution in [3.63, 3.8) is 0 Å². The molecule has 0 bridgehead atoms. The van der Waals surface area contributed by atoms with E-state index in [0.717, 1.165) is 25.8 Å². The maximum atomic E-state index is 12.3. The average Bonchev–Trinajstić information content (AvgIpc) is 2.92. The summed E-state index contributed by atoms with van der Waals surface area (Å²) in [5.41, 5.74) is 0.394. The second kappa shape index (κ2) is 5.68. The van der Waals surface area contributed by atoms with Gasteiger partial charge < -0.3 is 20.2 Å². The second-order valence-corrected chi connectivity index (χ2v) is 6.19. The van der Waals surface area contributed by atoms with E-state index >= 15 is 0 Å². The molecule has 1 N–H and O–H groups in total. The summed E-state index contributed by atoms with van der Waals surface area (Å²) in [6, 6.07) is 0.0404. The van der Waals surface area contributed by atoms with E-state index in [9.17, 15) is 14.9 Å². The molecule has 1 unspecified atom stereocenters. The molecule has 1 aromatic rings. The summed E-state index contributed by atoms with van der Waals surface area (Å²) >= 11 is 0. The molecule has 0 radical (unpaired) electrons. The van der Waals surface area contributed by atoms with Crippen molar-refractivity contribution < 1.29 is 14.5 Å². The van der Waals surface area contributed by atoms with E-state index in [0.29, 0.717) is 12.2 Å². The molecule has 1 aliphatic heterocycles. The van der Waals surface area contributed by atoms with Gasteiger partial charge in [0.1, 0.15) is 11.7 Å². The first-order valence-corrected chi connectivity index (χ1v) is 7.65. The molecule has 0 spiro atoms. The molecular formula is C14H20N4O4. The third-order valence-electron chi connectivity index (χ3n) is 4.62. The number of carbonyl (C=O) groups is 1. The van der Waals surface area contributed by atoms with Crippen molar-refractivity contribution in [2.75, 3.05) is 13.1 Å². The third-order valence-corrected chi connectivity index (χ3v) is 4.62. The van der Waals surface area contributed by atoms with Gasteiger partial charge in [-0.05, 0) is 43.6 Å². The maximum Gasteiger partial charge on any atom is 0.388 e. The van der Waals surface area contributed by atoms with Crippen molar-refractivity contribution in [2.45, 2.75) is 39.2 Å². The molecule has 1 saturated heterocycles. The highest BCUT2D eigenvalue weighted by Gasteiger charge is 2.38. The number of hydrogen-bond acceptors (Lipinski definition) is 6. The lowest BCUT2D eigenvalue weighted by atomic mass is 9.93. The molecule has 8 heteroatoms. The van der Waals surface area contributed by atoms with Gasteiger partial charge in [-0.15, -0.1) is 4.68 Å². The molecule has 2 fully saturated rings. The van der Waals surface area contributed by atoms with Crippen molar-refractivity contribution in [1.29, 1.82) is 0 Å². The zero-order valence-corrected chi connectivity index (χ0v) is 12.7. The molecule has 8 nitrogen and oxygen atoms in total.